The minimum atomic E-state index is 0.540. The molecule has 0 spiro atoms. The minimum Gasteiger partial charge on any atom is -0.326 e. The highest BCUT2D eigenvalue weighted by Gasteiger charge is 2.09. The van der Waals surface area contributed by atoms with Crippen LogP contribution in [0, 0.1) is 0 Å². The van der Waals surface area contributed by atoms with E-state index in [1.807, 2.05) is 12.1 Å². The largest absolute Gasteiger partial charge is 0.326 e. The highest BCUT2D eigenvalue weighted by atomic mass is 32.1. The molecule has 2 N–H and O–H groups in total. The molecule has 0 bridgehead atoms. The Labute approximate surface area is 107 Å². The summed E-state index contributed by atoms with van der Waals surface area (Å²) in [7, 11) is 0. The van der Waals surface area contributed by atoms with Gasteiger partial charge in [-0.05, 0) is 24.0 Å². The fourth-order valence-electron chi connectivity index (χ4n) is 1.69. The summed E-state index contributed by atoms with van der Waals surface area (Å²) in [6, 6.07) is 8.31. The summed E-state index contributed by atoms with van der Waals surface area (Å²) < 4.78 is 0. The third kappa shape index (κ3) is 2.73. The Kier molecular flexibility index (Phi) is 3.92. The predicted molar refractivity (Wildman–Crippen MR) is 74.1 cm³/mol. The van der Waals surface area contributed by atoms with E-state index in [9.17, 15) is 0 Å². The van der Waals surface area contributed by atoms with E-state index in [4.69, 9.17) is 10.7 Å². The molecule has 2 rings (SSSR count). The van der Waals surface area contributed by atoms with Gasteiger partial charge in [-0.3, -0.25) is 0 Å². The van der Waals surface area contributed by atoms with Crippen LogP contribution in [0.5, 0.6) is 0 Å². The first-order valence-corrected chi connectivity index (χ1v) is 6.87. The lowest BCUT2D eigenvalue weighted by molar-refractivity contribution is 0.714. The molecule has 3 heteroatoms. The lowest BCUT2D eigenvalue weighted by atomic mass is 10.1. The zero-order chi connectivity index (χ0) is 12.3. The van der Waals surface area contributed by atoms with Crippen molar-refractivity contribution < 1.29 is 0 Å². The standard InChI is InChI=1S/C14H18N2S/c1-3-10(2)13-9-17-14(16-13)12-6-4-5-11(7-12)8-15/h4-7,9-10H,3,8,15H2,1-2H3. The molecule has 17 heavy (non-hydrogen) atoms. The molecule has 0 aliphatic carbocycles. The normalized spacial score (nSPS) is 12.6. The summed E-state index contributed by atoms with van der Waals surface area (Å²) in [6.07, 6.45) is 1.13. The van der Waals surface area contributed by atoms with E-state index in [1.54, 1.807) is 11.3 Å². The molecule has 2 aromatic rings. The average molecular weight is 246 g/mol. The van der Waals surface area contributed by atoms with E-state index >= 15 is 0 Å². The number of rotatable bonds is 4. The van der Waals surface area contributed by atoms with E-state index in [2.05, 4.69) is 31.4 Å². The van der Waals surface area contributed by atoms with Crippen LogP contribution in [-0.2, 0) is 6.54 Å². The zero-order valence-corrected chi connectivity index (χ0v) is 11.1. The molecule has 0 aliphatic rings. The van der Waals surface area contributed by atoms with Gasteiger partial charge in [0, 0.05) is 17.5 Å². The first kappa shape index (κ1) is 12.3. The smallest absolute Gasteiger partial charge is 0.123 e. The summed E-state index contributed by atoms with van der Waals surface area (Å²) in [5, 5.41) is 3.26. The second-order valence-corrected chi connectivity index (χ2v) is 5.15. The first-order valence-electron chi connectivity index (χ1n) is 5.99. The van der Waals surface area contributed by atoms with Crippen LogP contribution in [0.1, 0.15) is 37.4 Å². The van der Waals surface area contributed by atoms with Crippen LogP contribution in [0.2, 0.25) is 0 Å². The van der Waals surface area contributed by atoms with Crippen molar-refractivity contribution in [3.8, 4) is 10.6 Å². The second-order valence-electron chi connectivity index (χ2n) is 4.29. The van der Waals surface area contributed by atoms with Crippen molar-refractivity contribution in [3.63, 3.8) is 0 Å². The van der Waals surface area contributed by atoms with E-state index in [0.29, 0.717) is 12.5 Å². The highest BCUT2D eigenvalue weighted by Crippen LogP contribution is 2.28. The maximum Gasteiger partial charge on any atom is 0.123 e. The highest BCUT2D eigenvalue weighted by molar-refractivity contribution is 7.13. The average Bonchev–Trinajstić information content (AvgIpc) is 2.87. The summed E-state index contributed by atoms with van der Waals surface area (Å²) in [6.45, 7) is 4.99. The number of benzene rings is 1. The molecule has 1 aromatic heterocycles. The number of hydrogen-bond acceptors (Lipinski definition) is 3. The van der Waals surface area contributed by atoms with E-state index < -0.39 is 0 Å². The van der Waals surface area contributed by atoms with Gasteiger partial charge < -0.3 is 5.73 Å². The molecule has 90 valence electrons. The number of hydrogen-bond donors (Lipinski definition) is 1. The van der Waals surface area contributed by atoms with Gasteiger partial charge in [0.2, 0.25) is 0 Å². The van der Waals surface area contributed by atoms with Crippen LogP contribution >= 0.6 is 11.3 Å². The molecule has 0 saturated carbocycles. The molecule has 1 atom stereocenters. The van der Waals surface area contributed by atoms with Crippen molar-refractivity contribution in [1.82, 2.24) is 4.98 Å². The van der Waals surface area contributed by atoms with Crippen LogP contribution in [0.3, 0.4) is 0 Å². The summed E-state index contributed by atoms with van der Waals surface area (Å²) in [5.41, 5.74) is 9.18. The molecular weight excluding hydrogens is 228 g/mol. The molecule has 1 heterocycles. The fourth-order valence-corrected chi connectivity index (χ4v) is 2.62. The lowest BCUT2D eigenvalue weighted by Crippen LogP contribution is -1.96. The van der Waals surface area contributed by atoms with Gasteiger partial charge in [-0.25, -0.2) is 4.98 Å². The van der Waals surface area contributed by atoms with Crippen LogP contribution in [0.15, 0.2) is 29.6 Å². The van der Waals surface area contributed by atoms with Gasteiger partial charge in [0.25, 0.3) is 0 Å². The number of nitrogens with two attached hydrogens (primary N) is 1. The van der Waals surface area contributed by atoms with Gasteiger partial charge in [-0.1, -0.05) is 32.0 Å². The molecule has 2 nitrogen and oxygen atoms in total. The second kappa shape index (κ2) is 5.43. The van der Waals surface area contributed by atoms with Gasteiger partial charge in [0.15, 0.2) is 0 Å². The predicted octanol–water partition coefficient (Wildman–Crippen LogP) is 3.78. The topological polar surface area (TPSA) is 38.9 Å². The molecule has 0 aliphatic heterocycles. The Hall–Kier alpha value is -1.19. The van der Waals surface area contributed by atoms with Crippen molar-refractivity contribution in [2.75, 3.05) is 0 Å². The van der Waals surface area contributed by atoms with Crippen molar-refractivity contribution in [2.24, 2.45) is 5.73 Å². The molecule has 0 amide bonds. The number of nitrogens with zero attached hydrogens (tertiary/aromatic N) is 1. The zero-order valence-electron chi connectivity index (χ0n) is 10.3. The van der Waals surface area contributed by atoms with Crippen LogP contribution in [0.25, 0.3) is 10.6 Å². The van der Waals surface area contributed by atoms with E-state index in [1.165, 1.54) is 11.3 Å². The third-order valence-electron chi connectivity index (χ3n) is 3.05. The molecule has 0 saturated heterocycles. The number of thiazole rings is 1. The molecule has 0 fully saturated rings. The van der Waals surface area contributed by atoms with Gasteiger partial charge in [0.05, 0.1) is 5.69 Å². The van der Waals surface area contributed by atoms with Crippen molar-refractivity contribution in [2.45, 2.75) is 32.7 Å². The van der Waals surface area contributed by atoms with Gasteiger partial charge in [-0.15, -0.1) is 11.3 Å². The van der Waals surface area contributed by atoms with Crippen molar-refractivity contribution >= 4 is 11.3 Å². The van der Waals surface area contributed by atoms with Crippen molar-refractivity contribution in [3.05, 3.63) is 40.9 Å². The quantitative estimate of drug-likeness (QED) is 0.891. The Morgan fingerprint density at radius 1 is 1.41 bits per heavy atom. The molecule has 0 radical (unpaired) electrons. The van der Waals surface area contributed by atoms with Gasteiger partial charge in [0.1, 0.15) is 5.01 Å². The molecular formula is C14H18N2S. The lowest BCUT2D eigenvalue weighted by Gasteiger charge is -2.03. The summed E-state index contributed by atoms with van der Waals surface area (Å²) in [5.74, 6) is 0.540. The van der Waals surface area contributed by atoms with Crippen LogP contribution in [0.4, 0.5) is 0 Å². The van der Waals surface area contributed by atoms with Crippen molar-refractivity contribution in [1.29, 1.82) is 0 Å². The van der Waals surface area contributed by atoms with Gasteiger partial charge >= 0.3 is 0 Å². The Morgan fingerprint density at radius 3 is 2.94 bits per heavy atom. The first-order chi connectivity index (χ1) is 8.24. The van der Waals surface area contributed by atoms with Crippen LogP contribution < -0.4 is 5.73 Å². The SMILES string of the molecule is CCC(C)c1csc(-c2cccc(CN)c2)n1. The van der Waals surface area contributed by atoms with E-state index in [-0.39, 0.29) is 0 Å². The maximum absolute atomic E-state index is 5.65. The summed E-state index contributed by atoms with van der Waals surface area (Å²) >= 11 is 1.71. The Balaban J connectivity index is 2.30. The molecule has 1 aromatic carbocycles. The maximum atomic E-state index is 5.65. The van der Waals surface area contributed by atoms with E-state index in [0.717, 1.165) is 17.0 Å². The third-order valence-corrected chi connectivity index (χ3v) is 3.96. The van der Waals surface area contributed by atoms with Crippen LogP contribution in [-0.4, -0.2) is 4.98 Å². The summed E-state index contributed by atoms with van der Waals surface area (Å²) in [4.78, 5) is 4.70. The number of aromatic nitrogens is 1. The fraction of sp³-hybridized carbons (Fsp3) is 0.357. The molecule has 1 unspecified atom stereocenters. The Morgan fingerprint density at radius 2 is 2.24 bits per heavy atom. The van der Waals surface area contributed by atoms with Gasteiger partial charge in [-0.2, -0.15) is 0 Å². The minimum absolute atomic E-state index is 0.540. The monoisotopic (exact) mass is 246 g/mol. The Bertz CT molecular complexity index is 490.